The first-order chi connectivity index (χ1) is 11.5. The highest BCUT2D eigenvalue weighted by atomic mass is 19.1. The number of aryl methyl sites for hydroxylation is 2. The van der Waals surface area contributed by atoms with Crippen LogP contribution < -0.4 is 10.2 Å². The number of nitrogens with zero attached hydrogens (tertiary/aromatic N) is 1. The van der Waals surface area contributed by atoms with Gasteiger partial charge in [0.25, 0.3) is 0 Å². The number of carbonyl (C=O) groups excluding carboxylic acids is 2. The van der Waals surface area contributed by atoms with Crippen LogP contribution in [0.1, 0.15) is 17.5 Å². The number of halogens is 1. The van der Waals surface area contributed by atoms with Crippen molar-refractivity contribution in [2.24, 2.45) is 5.92 Å². The molecule has 0 aromatic heterocycles. The maximum Gasteiger partial charge on any atom is 0.229 e. The summed E-state index contributed by atoms with van der Waals surface area (Å²) in [6, 6.07) is 11.8. The van der Waals surface area contributed by atoms with Gasteiger partial charge in [-0.15, -0.1) is 0 Å². The van der Waals surface area contributed by atoms with Gasteiger partial charge in [-0.05, 0) is 49.2 Å². The van der Waals surface area contributed by atoms with Gasteiger partial charge in [-0.25, -0.2) is 4.39 Å². The summed E-state index contributed by atoms with van der Waals surface area (Å²) in [6.07, 6.45) is 0.181. The Kier molecular flexibility index (Phi) is 4.34. The molecule has 0 bridgehead atoms. The van der Waals surface area contributed by atoms with Crippen LogP contribution in [0.5, 0.6) is 0 Å². The third-order valence-electron chi connectivity index (χ3n) is 4.35. The molecule has 2 aromatic carbocycles. The van der Waals surface area contributed by atoms with Crippen molar-refractivity contribution < 1.29 is 14.0 Å². The highest BCUT2D eigenvalue weighted by Gasteiger charge is 2.35. The van der Waals surface area contributed by atoms with Gasteiger partial charge in [-0.3, -0.25) is 9.59 Å². The number of nitrogens with one attached hydrogen (secondary N) is 1. The highest BCUT2D eigenvalue weighted by Crippen LogP contribution is 2.28. The van der Waals surface area contributed by atoms with E-state index in [2.05, 4.69) is 5.32 Å². The highest BCUT2D eigenvalue weighted by molar-refractivity contribution is 6.04. The number of carbonyl (C=O) groups is 2. The number of benzene rings is 2. The molecule has 4 nitrogen and oxygen atoms in total. The molecule has 0 radical (unpaired) electrons. The standard InChI is InChI=1S/C19H19FN2O2/c1-12-5-3-4-6-17(12)22-11-14(10-18(22)23)19(24)21-16-8-7-15(20)9-13(16)2/h3-9,14H,10-11H2,1-2H3,(H,21,24)/t14-/m0/s1. The van der Waals surface area contributed by atoms with E-state index >= 15 is 0 Å². The van der Waals surface area contributed by atoms with Gasteiger partial charge in [0.1, 0.15) is 5.82 Å². The van der Waals surface area contributed by atoms with Crippen LogP contribution in [0.4, 0.5) is 15.8 Å². The van der Waals surface area contributed by atoms with Crippen molar-refractivity contribution in [1.82, 2.24) is 0 Å². The topological polar surface area (TPSA) is 49.4 Å². The van der Waals surface area contributed by atoms with E-state index in [0.717, 1.165) is 11.3 Å². The molecule has 24 heavy (non-hydrogen) atoms. The Labute approximate surface area is 140 Å². The van der Waals surface area contributed by atoms with Gasteiger partial charge >= 0.3 is 0 Å². The Balaban J connectivity index is 1.73. The first-order valence-corrected chi connectivity index (χ1v) is 7.88. The minimum Gasteiger partial charge on any atom is -0.326 e. The molecule has 3 rings (SSSR count). The van der Waals surface area contributed by atoms with E-state index in [4.69, 9.17) is 0 Å². The first kappa shape index (κ1) is 16.2. The van der Waals surface area contributed by atoms with E-state index in [1.807, 2.05) is 31.2 Å². The molecule has 0 aliphatic carbocycles. The third kappa shape index (κ3) is 3.15. The molecular weight excluding hydrogens is 307 g/mol. The molecule has 124 valence electrons. The zero-order valence-electron chi connectivity index (χ0n) is 13.7. The lowest BCUT2D eigenvalue weighted by molar-refractivity contribution is -0.122. The van der Waals surface area contributed by atoms with Gasteiger partial charge in [-0.1, -0.05) is 18.2 Å². The van der Waals surface area contributed by atoms with Crippen LogP contribution in [0, 0.1) is 25.6 Å². The normalized spacial score (nSPS) is 17.2. The Morgan fingerprint density at radius 2 is 1.92 bits per heavy atom. The summed E-state index contributed by atoms with van der Waals surface area (Å²) >= 11 is 0. The van der Waals surface area contributed by atoms with Crippen molar-refractivity contribution >= 4 is 23.2 Å². The number of para-hydroxylation sites is 1. The number of rotatable bonds is 3. The van der Waals surface area contributed by atoms with Gasteiger partial charge < -0.3 is 10.2 Å². The molecule has 5 heteroatoms. The second kappa shape index (κ2) is 6.43. The summed E-state index contributed by atoms with van der Waals surface area (Å²) in [5.41, 5.74) is 3.07. The van der Waals surface area contributed by atoms with Crippen LogP contribution >= 0.6 is 0 Å². The van der Waals surface area contributed by atoms with Crippen molar-refractivity contribution in [1.29, 1.82) is 0 Å². The van der Waals surface area contributed by atoms with Crippen molar-refractivity contribution in [2.45, 2.75) is 20.3 Å². The van der Waals surface area contributed by atoms with Crippen molar-refractivity contribution in [3.8, 4) is 0 Å². The predicted octanol–water partition coefficient (Wildman–Crippen LogP) is 3.43. The average molecular weight is 326 g/mol. The minimum atomic E-state index is -0.415. The van der Waals surface area contributed by atoms with Crippen LogP contribution in [0.3, 0.4) is 0 Å². The molecule has 2 aromatic rings. The molecule has 1 aliphatic heterocycles. The fraction of sp³-hybridized carbons (Fsp3) is 0.263. The van der Waals surface area contributed by atoms with Crippen molar-refractivity contribution in [3.05, 3.63) is 59.4 Å². The molecule has 1 aliphatic rings. The fourth-order valence-electron chi connectivity index (χ4n) is 2.98. The smallest absolute Gasteiger partial charge is 0.229 e. The van der Waals surface area contributed by atoms with Crippen LogP contribution in [-0.4, -0.2) is 18.4 Å². The van der Waals surface area contributed by atoms with E-state index < -0.39 is 5.92 Å². The monoisotopic (exact) mass is 326 g/mol. The SMILES string of the molecule is Cc1cc(F)ccc1NC(=O)[C@H]1CC(=O)N(c2ccccc2C)C1. The van der Waals surface area contributed by atoms with E-state index in [0.29, 0.717) is 17.8 Å². The minimum absolute atomic E-state index is 0.0553. The van der Waals surface area contributed by atoms with Crippen LogP contribution in [0.25, 0.3) is 0 Å². The third-order valence-corrected chi connectivity index (χ3v) is 4.35. The summed E-state index contributed by atoms with van der Waals surface area (Å²) in [6.45, 7) is 4.03. The lowest BCUT2D eigenvalue weighted by Crippen LogP contribution is -2.28. The van der Waals surface area contributed by atoms with Gasteiger partial charge in [-0.2, -0.15) is 0 Å². The summed E-state index contributed by atoms with van der Waals surface area (Å²) < 4.78 is 13.1. The van der Waals surface area contributed by atoms with E-state index in [1.165, 1.54) is 12.1 Å². The summed E-state index contributed by atoms with van der Waals surface area (Å²) in [7, 11) is 0. The molecule has 0 unspecified atom stereocenters. The lowest BCUT2D eigenvalue weighted by Gasteiger charge is -2.19. The van der Waals surface area contributed by atoms with Crippen molar-refractivity contribution in [3.63, 3.8) is 0 Å². The Bertz CT molecular complexity index is 804. The predicted molar refractivity (Wildman–Crippen MR) is 91.4 cm³/mol. The van der Waals surface area contributed by atoms with Gasteiger partial charge in [0.15, 0.2) is 0 Å². The Morgan fingerprint density at radius 3 is 2.62 bits per heavy atom. The second-order valence-corrected chi connectivity index (χ2v) is 6.14. The quantitative estimate of drug-likeness (QED) is 0.939. The Hall–Kier alpha value is -2.69. The fourth-order valence-corrected chi connectivity index (χ4v) is 2.98. The molecule has 1 heterocycles. The van der Waals surface area contributed by atoms with Gasteiger partial charge in [0, 0.05) is 24.3 Å². The Morgan fingerprint density at radius 1 is 1.17 bits per heavy atom. The van der Waals surface area contributed by atoms with Crippen LogP contribution in [-0.2, 0) is 9.59 Å². The van der Waals surface area contributed by atoms with Gasteiger partial charge in [0.05, 0.1) is 5.92 Å². The molecule has 1 N–H and O–H groups in total. The van der Waals surface area contributed by atoms with E-state index in [-0.39, 0.29) is 24.1 Å². The molecule has 0 saturated carbocycles. The maximum absolute atomic E-state index is 13.1. The lowest BCUT2D eigenvalue weighted by atomic mass is 10.1. The molecule has 1 saturated heterocycles. The number of amides is 2. The summed E-state index contributed by atoms with van der Waals surface area (Å²) in [4.78, 5) is 26.4. The number of hydrogen-bond donors (Lipinski definition) is 1. The second-order valence-electron chi connectivity index (χ2n) is 6.14. The zero-order valence-corrected chi connectivity index (χ0v) is 13.7. The van der Waals surface area contributed by atoms with E-state index in [1.54, 1.807) is 17.9 Å². The van der Waals surface area contributed by atoms with Gasteiger partial charge in [0.2, 0.25) is 11.8 Å². The summed E-state index contributed by atoms with van der Waals surface area (Å²) in [5, 5.41) is 2.80. The molecule has 0 spiro atoms. The molecule has 1 atom stereocenters. The molecule has 2 amide bonds. The van der Waals surface area contributed by atoms with Crippen molar-refractivity contribution in [2.75, 3.05) is 16.8 Å². The van der Waals surface area contributed by atoms with Crippen LogP contribution in [0.15, 0.2) is 42.5 Å². The maximum atomic E-state index is 13.1. The van der Waals surface area contributed by atoms with Crippen LogP contribution in [0.2, 0.25) is 0 Å². The molecular formula is C19H19FN2O2. The molecule has 1 fully saturated rings. The number of hydrogen-bond acceptors (Lipinski definition) is 2. The van der Waals surface area contributed by atoms with E-state index in [9.17, 15) is 14.0 Å². The largest absolute Gasteiger partial charge is 0.326 e. The number of anilines is 2. The summed E-state index contributed by atoms with van der Waals surface area (Å²) in [5.74, 6) is -1.02. The average Bonchev–Trinajstić information content (AvgIpc) is 2.92. The zero-order chi connectivity index (χ0) is 17.3. The first-order valence-electron chi connectivity index (χ1n) is 7.88.